The van der Waals surface area contributed by atoms with E-state index in [9.17, 15) is 9.59 Å². The van der Waals surface area contributed by atoms with Gasteiger partial charge in [-0.3, -0.25) is 4.79 Å². The predicted octanol–water partition coefficient (Wildman–Crippen LogP) is 5.38. The Bertz CT molecular complexity index is 1020. The van der Waals surface area contributed by atoms with E-state index in [0.29, 0.717) is 22.8 Å². The zero-order valence-electron chi connectivity index (χ0n) is 16.6. The molecule has 154 valence electrons. The average molecular weight is 422 g/mol. The molecule has 1 aliphatic heterocycles. The highest BCUT2D eigenvalue weighted by Gasteiger charge is 2.30. The molecule has 1 saturated heterocycles. The van der Waals surface area contributed by atoms with Crippen molar-refractivity contribution < 1.29 is 14.3 Å². The van der Waals surface area contributed by atoms with E-state index < -0.39 is 0 Å². The predicted molar refractivity (Wildman–Crippen MR) is 119 cm³/mol. The first-order valence-corrected chi connectivity index (χ1v) is 10.7. The second kappa shape index (κ2) is 9.00. The van der Waals surface area contributed by atoms with Crippen LogP contribution in [0.3, 0.4) is 0 Å². The maximum atomic E-state index is 12.9. The number of nitrogens with one attached hydrogen (secondary N) is 2. The Hall–Kier alpha value is -3.32. The zero-order chi connectivity index (χ0) is 20.9. The molecular weight excluding hydrogens is 398 g/mol. The molecule has 1 fully saturated rings. The number of hydrogen-bond acceptors (Lipinski definition) is 4. The number of benzene rings is 2. The molecule has 1 aromatic heterocycles. The van der Waals surface area contributed by atoms with Gasteiger partial charge >= 0.3 is 6.03 Å². The number of urea groups is 1. The van der Waals surface area contributed by atoms with Crippen molar-refractivity contribution in [2.24, 2.45) is 0 Å². The lowest BCUT2D eigenvalue weighted by Crippen LogP contribution is -2.34. The van der Waals surface area contributed by atoms with Crippen LogP contribution in [0.25, 0.3) is 0 Å². The maximum Gasteiger partial charge on any atom is 0.322 e. The van der Waals surface area contributed by atoms with E-state index in [1.54, 1.807) is 25.3 Å². The largest absolute Gasteiger partial charge is 0.497 e. The topological polar surface area (TPSA) is 70.7 Å². The highest BCUT2D eigenvalue weighted by atomic mass is 32.1. The number of ether oxygens (including phenoxy) is 1. The Morgan fingerprint density at radius 3 is 2.50 bits per heavy atom. The van der Waals surface area contributed by atoms with Gasteiger partial charge < -0.3 is 20.3 Å². The SMILES string of the molecule is COc1ccc(C2CCCN2C(=O)Nc2cccc(NC(=O)c3cccs3)c2)cc1. The molecule has 0 aliphatic carbocycles. The number of carbonyl (C=O) groups excluding carboxylic acids is 2. The highest BCUT2D eigenvalue weighted by Crippen LogP contribution is 2.33. The molecule has 7 heteroatoms. The van der Waals surface area contributed by atoms with Crippen LogP contribution >= 0.6 is 11.3 Å². The molecule has 3 amide bonds. The Labute approximate surface area is 179 Å². The molecule has 2 aromatic carbocycles. The first-order valence-electron chi connectivity index (χ1n) is 9.80. The highest BCUT2D eigenvalue weighted by molar-refractivity contribution is 7.12. The molecule has 1 unspecified atom stereocenters. The van der Waals surface area contributed by atoms with Crippen LogP contribution in [-0.4, -0.2) is 30.5 Å². The van der Waals surface area contributed by atoms with Crippen LogP contribution in [0, 0.1) is 0 Å². The average Bonchev–Trinajstić information content (AvgIpc) is 3.46. The van der Waals surface area contributed by atoms with Crippen molar-refractivity contribution in [3.8, 4) is 5.75 Å². The summed E-state index contributed by atoms with van der Waals surface area (Å²) in [6.07, 6.45) is 1.89. The number of rotatable bonds is 5. The second-order valence-corrected chi connectivity index (χ2v) is 8.01. The summed E-state index contributed by atoms with van der Waals surface area (Å²) in [5, 5.41) is 7.70. The fourth-order valence-electron chi connectivity index (χ4n) is 3.65. The molecule has 4 rings (SSSR count). The molecular formula is C23H23N3O3S. The van der Waals surface area contributed by atoms with Gasteiger partial charge in [-0.2, -0.15) is 0 Å². The first kappa shape index (κ1) is 20.0. The zero-order valence-corrected chi connectivity index (χ0v) is 17.4. The van der Waals surface area contributed by atoms with Gasteiger partial charge in [0.1, 0.15) is 5.75 Å². The molecule has 3 aromatic rings. The van der Waals surface area contributed by atoms with Crippen molar-refractivity contribution >= 4 is 34.6 Å². The molecule has 2 N–H and O–H groups in total. The van der Waals surface area contributed by atoms with Crippen LogP contribution in [0.4, 0.5) is 16.2 Å². The summed E-state index contributed by atoms with van der Waals surface area (Å²) in [6.45, 7) is 0.706. The van der Waals surface area contributed by atoms with Crippen molar-refractivity contribution in [1.29, 1.82) is 0 Å². The summed E-state index contributed by atoms with van der Waals surface area (Å²) >= 11 is 1.39. The molecule has 0 saturated carbocycles. The monoisotopic (exact) mass is 421 g/mol. The van der Waals surface area contributed by atoms with Gasteiger partial charge in [-0.15, -0.1) is 11.3 Å². The summed E-state index contributed by atoms with van der Waals surface area (Å²) in [5.74, 6) is 0.641. The summed E-state index contributed by atoms with van der Waals surface area (Å²) < 4.78 is 5.23. The molecule has 0 radical (unpaired) electrons. The van der Waals surface area contributed by atoms with E-state index in [-0.39, 0.29) is 18.0 Å². The Morgan fingerprint density at radius 1 is 1.03 bits per heavy atom. The lowest BCUT2D eigenvalue weighted by molar-refractivity contribution is 0.103. The van der Waals surface area contributed by atoms with Crippen molar-refractivity contribution in [1.82, 2.24) is 4.90 Å². The van der Waals surface area contributed by atoms with E-state index in [1.807, 2.05) is 52.7 Å². The Balaban J connectivity index is 1.43. The fraction of sp³-hybridized carbons (Fsp3) is 0.217. The minimum atomic E-state index is -0.160. The third-order valence-electron chi connectivity index (χ3n) is 5.13. The maximum absolute atomic E-state index is 12.9. The minimum absolute atomic E-state index is 0.0395. The first-order chi connectivity index (χ1) is 14.6. The van der Waals surface area contributed by atoms with Crippen LogP contribution in [0.1, 0.15) is 34.1 Å². The number of amides is 3. The van der Waals surface area contributed by atoms with Gasteiger partial charge in [-0.25, -0.2) is 4.79 Å². The van der Waals surface area contributed by atoms with Crippen LogP contribution < -0.4 is 15.4 Å². The fourth-order valence-corrected chi connectivity index (χ4v) is 4.27. The summed E-state index contributed by atoms with van der Waals surface area (Å²) in [7, 11) is 1.64. The van der Waals surface area contributed by atoms with Gasteiger partial charge in [0.05, 0.1) is 18.0 Å². The van der Waals surface area contributed by atoms with Crippen molar-refractivity contribution in [3.05, 3.63) is 76.5 Å². The molecule has 1 atom stereocenters. The summed E-state index contributed by atoms with van der Waals surface area (Å²) in [4.78, 5) is 27.7. The van der Waals surface area contributed by atoms with Crippen LogP contribution in [-0.2, 0) is 0 Å². The van der Waals surface area contributed by atoms with Crippen molar-refractivity contribution in [2.75, 3.05) is 24.3 Å². The van der Waals surface area contributed by atoms with E-state index in [1.165, 1.54) is 11.3 Å². The molecule has 6 nitrogen and oxygen atoms in total. The van der Waals surface area contributed by atoms with Gasteiger partial charge in [0.25, 0.3) is 5.91 Å². The molecule has 0 bridgehead atoms. The van der Waals surface area contributed by atoms with Gasteiger partial charge in [0.2, 0.25) is 0 Å². The molecule has 1 aliphatic rings. The third kappa shape index (κ3) is 4.46. The Kier molecular flexibility index (Phi) is 5.99. The molecule has 0 spiro atoms. The van der Waals surface area contributed by atoms with Gasteiger partial charge in [-0.05, 0) is 60.2 Å². The van der Waals surface area contributed by atoms with E-state index in [0.717, 1.165) is 24.2 Å². The second-order valence-electron chi connectivity index (χ2n) is 7.07. The van der Waals surface area contributed by atoms with Crippen LogP contribution in [0.2, 0.25) is 0 Å². The van der Waals surface area contributed by atoms with Gasteiger partial charge in [-0.1, -0.05) is 24.3 Å². The lowest BCUT2D eigenvalue weighted by Gasteiger charge is -2.25. The van der Waals surface area contributed by atoms with Crippen LogP contribution in [0.15, 0.2) is 66.0 Å². The summed E-state index contributed by atoms with van der Waals surface area (Å²) in [6, 6.07) is 18.6. The van der Waals surface area contributed by atoms with Crippen molar-refractivity contribution in [3.63, 3.8) is 0 Å². The number of likely N-dealkylation sites (tertiary alicyclic amines) is 1. The smallest absolute Gasteiger partial charge is 0.322 e. The molecule has 30 heavy (non-hydrogen) atoms. The number of thiophene rings is 1. The van der Waals surface area contributed by atoms with Gasteiger partial charge in [0.15, 0.2) is 0 Å². The van der Waals surface area contributed by atoms with E-state index in [2.05, 4.69) is 10.6 Å². The van der Waals surface area contributed by atoms with Gasteiger partial charge in [0, 0.05) is 17.9 Å². The van der Waals surface area contributed by atoms with E-state index in [4.69, 9.17) is 4.74 Å². The molecule has 2 heterocycles. The quantitative estimate of drug-likeness (QED) is 0.581. The number of carbonyl (C=O) groups is 2. The van der Waals surface area contributed by atoms with Crippen molar-refractivity contribution in [2.45, 2.75) is 18.9 Å². The summed E-state index contributed by atoms with van der Waals surface area (Å²) in [5.41, 5.74) is 2.38. The Morgan fingerprint density at radius 2 is 1.80 bits per heavy atom. The number of anilines is 2. The number of hydrogen-bond donors (Lipinski definition) is 2. The van der Waals surface area contributed by atoms with E-state index >= 15 is 0 Å². The minimum Gasteiger partial charge on any atom is -0.497 e. The standard InChI is InChI=1S/C23H23N3O3S/c1-29-19-11-9-16(10-12-19)20-7-3-13-26(20)23(28)25-18-6-2-5-17(15-18)24-22(27)21-8-4-14-30-21/h2,4-6,8-12,14-15,20H,3,7,13H2,1H3,(H,24,27)(H,25,28). The lowest BCUT2D eigenvalue weighted by atomic mass is 10.0. The third-order valence-corrected chi connectivity index (χ3v) is 6.00. The van der Waals surface area contributed by atoms with Crippen LogP contribution in [0.5, 0.6) is 5.75 Å². The normalized spacial score (nSPS) is 15.6. The number of nitrogens with zero attached hydrogens (tertiary/aromatic N) is 1. The number of methoxy groups -OCH3 is 1.